The molecule has 0 saturated carbocycles. The monoisotopic (exact) mass is 207 g/mol. The third-order valence-corrected chi connectivity index (χ3v) is 2.00. The summed E-state index contributed by atoms with van der Waals surface area (Å²) in [5.41, 5.74) is 2.24. The van der Waals surface area contributed by atoms with Gasteiger partial charge in [-0.05, 0) is 31.0 Å². The van der Waals surface area contributed by atoms with Crippen LogP contribution in [0.1, 0.15) is 45.2 Å². The van der Waals surface area contributed by atoms with Crippen LogP contribution in [0.4, 0.5) is 0 Å². The number of aryl methyl sites for hydroxylation is 1. The number of phenols is 1. The number of rotatable bonds is 3. The molecule has 0 atom stereocenters. The third-order valence-electron chi connectivity index (χ3n) is 2.00. The zero-order valence-electron chi connectivity index (χ0n) is 10.1. The third kappa shape index (κ3) is 4.15. The molecule has 0 amide bonds. The van der Waals surface area contributed by atoms with Gasteiger partial charge in [-0.2, -0.15) is 0 Å². The summed E-state index contributed by atoms with van der Waals surface area (Å²) in [4.78, 5) is 0. The van der Waals surface area contributed by atoms with Crippen LogP contribution < -0.4 is 0 Å². The summed E-state index contributed by atoms with van der Waals surface area (Å²) >= 11 is 0. The summed E-state index contributed by atoms with van der Waals surface area (Å²) in [6.07, 6.45) is 2.09. The molecule has 0 aliphatic carbocycles. The number of hydrogen-bond acceptors (Lipinski definition) is 2. The van der Waals surface area contributed by atoms with E-state index in [0.29, 0.717) is 11.3 Å². The lowest BCUT2D eigenvalue weighted by Gasteiger charge is -2.05. The van der Waals surface area contributed by atoms with Gasteiger partial charge in [-0.3, -0.25) is 0 Å². The van der Waals surface area contributed by atoms with Crippen LogP contribution in [0.3, 0.4) is 0 Å². The first-order chi connectivity index (χ1) is 7.15. The van der Waals surface area contributed by atoms with E-state index in [1.165, 1.54) is 5.56 Å². The van der Waals surface area contributed by atoms with E-state index < -0.39 is 0 Å². The maximum absolute atomic E-state index is 9.43. The van der Waals surface area contributed by atoms with Crippen molar-refractivity contribution in [2.24, 2.45) is 0 Å². The molecule has 84 valence electrons. The number of phenolic OH excluding ortho intramolecular Hbond substituents is 1. The Labute approximate surface area is 92.5 Å². The predicted octanol–water partition coefficient (Wildman–Crippen LogP) is 3.76. The highest BCUT2D eigenvalue weighted by Crippen LogP contribution is 2.19. The van der Waals surface area contributed by atoms with E-state index in [1.807, 2.05) is 26.0 Å². The first-order valence-corrected chi connectivity index (χ1v) is 5.52. The van der Waals surface area contributed by atoms with Crippen molar-refractivity contribution in [3.63, 3.8) is 0 Å². The Bertz CT molecular complexity index is 318. The van der Waals surface area contributed by atoms with Gasteiger partial charge in [0.05, 0.1) is 0 Å². The maximum Gasteiger partial charge on any atom is 0.124 e. The standard InChI is InChI=1S/C11H15NO.C2H6/c1-3-4-9-5-6-11(13)10(7-9)8(2)12;1-2/h5-7,12-13H,3-4H2,1-2H3;1-2H3. The highest BCUT2D eigenvalue weighted by Gasteiger charge is 2.03. The Morgan fingerprint density at radius 2 is 1.93 bits per heavy atom. The maximum atomic E-state index is 9.43. The van der Waals surface area contributed by atoms with Crippen LogP contribution in [-0.4, -0.2) is 10.8 Å². The molecule has 15 heavy (non-hydrogen) atoms. The van der Waals surface area contributed by atoms with Crippen molar-refractivity contribution in [1.29, 1.82) is 5.41 Å². The molecule has 2 N–H and O–H groups in total. The molecule has 0 saturated heterocycles. The zero-order valence-corrected chi connectivity index (χ0v) is 10.1. The second-order valence-electron chi connectivity index (χ2n) is 3.23. The number of nitrogens with one attached hydrogen (secondary N) is 1. The zero-order chi connectivity index (χ0) is 11.8. The quantitative estimate of drug-likeness (QED) is 0.728. The van der Waals surface area contributed by atoms with Gasteiger partial charge in [0.25, 0.3) is 0 Å². The largest absolute Gasteiger partial charge is 0.507 e. The first kappa shape index (κ1) is 13.7. The van der Waals surface area contributed by atoms with Crippen molar-refractivity contribution in [3.8, 4) is 5.75 Å². The molecule has 0 spiro atoms. The number of aromatic hydroxyl groups is 1. The van der Waals surface area contributed by atoms with Gasteiger partial charge in [-0.15, -0.1) is 0 Å². The van der Waals surface area contributed by atoms with Gasteiger partial charge in [0.2, 0.25) is 0 Å². The number of benzene rings is 1. The molecule has 0 heterocycles. The van der Waals surface area contributed by atoms with Crippen LogP contribution in [0.15, 0.2) is 18.2 Å². The average molecular weight is 207 g/mol. The van der Waals surface area contributed by atoms with Crippen LogP contribution in [0, 0.1) is 5.41 Å². The van der Waals surface area contributed by atoms with Crippen molar-refractivity contribution in [3.05, 3.63) is 29.3 Å². The SMILES string of the molecule is CC.CCCc1ccc(O)c(C(C)=N)c1. The molecule has 0 fully saturated rings. The molecular formula is C13H21NO. The van der Waals surface area contributed by atoms with Crippen molar-refractivity contribution in [2.45, 2.75) is 40.5 Å². The Balaban J connectivity index is 0.000000921. The smallest absolute Gasteiger partial charge is 0.124 e. The van der Waals surface area contributed by atoms with Gasteiger partial charge in [-0.1, -0.05) is 33.3 Å². The van der Waals surface area contributed by atoms with Crippen LogP contribution in [0.2, 0.25) is 0 Å². The summed E-state index contributed by atoms with van der Waals surface area (Å²) in [6, 6.07) is 5.46. The normalized spacial score (nSPS) is 9.07. The lowest BCUT2D eigenvalue weighted by molar-refractivity contribution is 0.474. The number of hydrogen-bond donors (Lipinski definition) is 2. The summed E-state index contributed by atoms with van der Waals surface area (Å²) < 4.78 is 0. The van der Waals surface area contributed by atoms with Crippen molar-refractivity contribution >= 4 is 5.71 Å². The van der Waals surface area contributed by atoms with E-state index in [9.17, 15) is 5.11 Å². The molecule has 1 aromatic rings. The van der Waals surface area contributed by atoms with Gasteiger partial charge in [0.1, 0.15) is 5.75 Å². The van der Waals surface area contributed by atoms with Gasteiger partial charge in [-0.25, -0.2) is 0 Å². The average Bonchev–Trinajstić information content (AvgIpc) is 2.24. The molecule has 0 aliphatic rings. The minimum absolute atomic E-state index is 0.201. The van der Waals surface area contributed by atoms with E-state index in [2.05, 4.69) is 6.92 Å². The lowest BCUT2D eigenvalue weighted by Crippen LogP contribution is -1.94. The molecule has 0 bridgehead atoms. The Hall–Kier alpha value is -1.31. The van der Waals surface area contributed by atoms with E-state index in [4.69, 9.17) is 5.41 Å². The van der Waals surface area contributed by atoms with Gasteiger partial charge in [0.15, 0.2) is 0 Å². The minimum Gasteiger partial charge on any atom is -0.507 e. The molecule has 0 aliphatic heterocycles. The van der Waals surface area contributed by atoms with Gasteiger partial charge in [0, 0.05) is 11.3 Å². The summed E-state index contributed by atoms with van der Waals surface area (Å²) in [7, 11) is 0. The second kappa shape index (κ2) is 7.04. The fraction of sp³-hybridized carbons (Fsp3) is 0.462. The van der Waals surface area contributed by atoms with Crippen LogP contribution >= 0.6 is 0 Å². The highest BCUT2D eigenvalue weighted by molar-refractivity contribution is 5.98. The molecule has 0 aromatic heterocycles. The van der Waals surface area contributed by atoms with Crippen molar-refractivity contribution in [2.75, 3.05) is 0 Å². The Morgan fingerprint density at radius 1 is 1.33 bits per heavy atom. The predicted molar refractivity (Wildman–Crippen MR) is 66.0 cm³/mol. The van der Waals surface area contributed by atoms with Crippen molar-refractivity contribution < 1.29 is 5.11 Å². The molecule has 1 aromatic carbocycles. The van der Waals surface area contributed by atoms with Crippen LogP contribution in [0.5, 0.6) is 5.75 Å². The van der Waals surface area contributed by atoms with E-state index in [1.54, 1.807) is 13.0 Å². The van der Waals surface area contributed by atoms with Crippen LogP contribution in [-0.2, 0) is 6.42 Å². The van der Waals surface area contributed by atoms with Crippen molar-refractivity contribution in [1.82, 2.24) is 0 Å². The van der Waals surface area contributed by atoms with Crippen LogP contribution in [0.25, 0.3) is 0 Å². The van der Waals surface area contributed by atoms with E-state index in [0.717, 1.165) is 12.8 Å². The minimum atomic E-state index is 0.201. The Kier molecular flexibility index (Phi) is 6.43. The molecule has 0 unspecified atom stereocenters. The Morgan fingerprint density at radius 3 is 2.40 bits per heavy atom. The summed E-state index contributed by atoms with van der Waals surface area (Å²) in [6.45, 7) is 7.80. The second-order valence-corrected chi connectivity index (χ2v) is 3.23. The molecule has 2 nitrogen and oxygen atoms in total. The van der Waals surface area contributed by atoms with Gasteiger partial charge >= 0.3 is 0 Å². The first-order valence-electron chi connectivity index (χ1n) is 5.52. The summed E-state index contributed by atoms with van der Waals surface area (Å²) in [5.74, 6) is 0.201. The fourth-order valence-corrected chi connectivity index (χ4v) is 1.33. The van der Waals surface area contributed by atoms with E-state index in [-0.39, 0.29) is 5.75 Å². The summed E-state index contributed by atoms with van der Waals surface area (Å²) in [5, 5.41) is 16.9. The topological polar surface area (TPSA) is 44.1 Å². The van der Waals surface area contributed by atoms with Gasteiger partial charge < -0.3 is 10.5 Å². The highest BCUT2D eigenvalue weighted by atomic mass is 16.3. The molecule has 0 radical (unpaired) electrons. The fourth-order valence-electron chi connectivity index (χ4n) is 1.33. The molecule has 2 heteroatoms. The molecular weight excluding hydrogens is 186 g/mol. The molecule has 1 rings (SSSR count). The van der Waals surface area contributed by atoms with E-state index >= 15 is 0 Å². The lowest BCUT2D eigenvalue weighted by atomic mass is 10.0.